The summed E-state index contributed by atoms with van der Waals surface area (Å²) in [5.74, 6) is 1.37. The van der Waals surface area contributed by atoms with Crippen molar-refractivity contribution < 1.29 is 24.2 Å². The topological polar surface area (TPSA) is 135 Å². The molecular formula is C34H48IN7O5. The van der Waals surface area contributed by atoms with Crippen molar-refractivity contribution in [3.05, 3.63) is 15.0 Å². The molecule has 4 fully saturated rings. The van der Waals surface area contributed by atoms with Gasteiger partial charge < -0.3 is 34.0 Å². The van der Waals surface area contributed by atoms with Crippen LogP contribution in [-0.4, -0.2) is 103 Å². The van der Waals surface area contributed by atoms with Crippen LogP contribution in [0.1, 0.15) is 102 Å². The van der Waals surface area contributed by atoms with Gasteiger partial charge in [-0.15, -0.1) is 0 Å². The number of hydrogen-bond acceptors (Lipinski definition) is 11. The van der Waals surface area contributed by atoms with E-state index in [0.29, 0.717) is 56.0 Å². The van der Waals surface area contributed by atoms with E-state index in [4.69, 9.17) is 34.2 Å². The van der Waals surface area contributed by atoms with Crippen LogP contribution >= 0.6 is 22.6 Å². The first-order chi connectivity index (χ1) is 22.5. The Bertz CT molecular complexity index is 1650. The molecule has 6 heterocycles. The van der Waals surface area contributed by atoms with Gasteiger partial charge in [0, 0.05) is 24.6 Å². The van der Waals surface area contributed by atoms with E-state index >= 15 is 0 Å². The SMILES string of the molecule is C[C@H](O)[C@H]1CC[C@@](C)(O)CN1c1nc(-c2noc3c2CCC[C@@]32CCCCC23OCCO3)nc2c1c(I)nn2[C@@H](C)[C@@H]1CCCN1C. The number of rotatable bonds is 5. The Hall–Kier alpha value is -1.91. The van der Waals surface area contributed by atoms with Crippen molar-refractivity contribution in [3.8, 4) is 11.5 Å². The van der Waals surface area contributed by atoms with Gasteiger partial charge in [-0.3, -0.25) is 0 Å². The lowest BCUT2D eigenvalue weighted by Gasteiger charge is -2.50. The number of piperidine rings is 1. The molecule has 0 aromatic carbocycles. The van der Waals surface area contributed by atoms with Crippen LogP contribution in [0.2, 0.25) is 0 Å². The molecule has 2 aliphatic carbocycles. The van der Waals surface area contributed by atoms with Gasteiger partial charge >= 0.3 is 0 Å². The minimum absolute atomic E-state index is 0.0781. The van der Waals surface area contributed by atoms with Gasteiger partial charge in [0.15, 0.2) is 28.7 Å². The van der Waals surface area contributed by atoms with Gasteiger partial charge in [-0.1, -0.05) is 11.6 Å². The average molecular weight is 762 g/mol. The van der Waals surface area contributed by atoms with Crippen LogP contribution in [-0.2, 0) is 21.3 Å². The summed E-state index contributed by atoms with van der Waals surface area (Å²) in [6.07, 6.45) is 9.59. The predicted octanol–water partition coefficient (Wildman–Crippen LogP) is 4.73. The van der Waals surface area contributed by atoms with Gasteiger partial charge in [-0.25, -0.2) is 14.6 Å². The van der Waals surface area contributed by atoms with Gasteiger partial charge in [0.1, 0.15) is 9.52 Å². The van der Waals surface area contributed by atoms with Crippen molar-refractivity contribution in [1.29, 1.82) is 0 Å². The first-order valence-corrected chi connectivity index (χ1v) is 18.7. The number of hydrogen-bond donors (Lipinski definition) is 2. The minimum Gasteiger partial charge on any atom is -0.391 e. The third-order valence-corrected chi connectivity index (χ3v) is 12.8. The third-order valence-electron chi connectivity index (χ3n) is 12.0. The minimum atomic E-state index is -0.930. The van der Waals surface area contributed by atoms with Gasteiger partial charge in [-0.05, 0) is 115 Å². The standard InChI is InChI=1S/C34H48IN7O5/c1-20(23-10-8-16-40(23)4)42-31-25(28(35)38-42)30(41-19-32(3,44)15-11-24(41)21(2)43)36-29(37-31)26-22-9-7-13-33(27(22)47-39-26)12-5-6-14-34(33)45-17-18-46-34/h20-21,23-24,43-44H,5-19H2,1-4H3/t20-,21-,23-,24+,32+,33-/m0/s1. The Balaban J connectivity index is 1.32. The smallest absolute Gasteiger partial charge is 0.186 e. The van der Waals surface area contributed by atoms with E-state index in [1.807, 2.05) is 13.8 Å². The summed E-state index contributed by atoms with van der Waals surface area (Å²) >= 11 is 2.30. The highest BCUT2D eigenvalue weighted by Crippen LogP contribution is 2.57. The highest BCUT2D eigenvalue weighted by Gasteiger charge is 2.61. The maximum atomic E-state index is 11.3. The number of aliphatic hydroxyl groups excluding tert-OH is 1. The molecule has 8 rings (SSSR count). The Morgan fingerprint density at radius 3 is 2.49 bits per heavy atom. The van der Waals surface area contributed by atoms with E-state index in [-0.39, 0.29) is 17.5 Å². The summed E-state index contributed by atoms with van der Waals surface area (Å²) < 4.78 is 22.1. The molecule has 6 atom stereocenters. The zero-order chi connectivity index (χ0) is 32.7. The normalized spacial score (nSPS) is 32.4. The van der Waals surface area contributed by atoms with Crippen molar-refractivity contribution in [3.63, 3.8) is 0 Å². The fraction of sp³-hybridized carbons (Fsp3) is 0.765. The molecular weight excluding hydrogens is 713 g/mol. The average Bonchev–Trinajstić information content (AvgIpc) is 3.85. The Morgan fingerprint density at radius 2 is 1.74 bits per heavy atom. The van der Waals surface area contributed by atoms with Gasteiger partial charge in [0.25, 0.3) is 0 Å². The van der Waals surface area contributed by atoms with E-state index in [2.05, 4.69) is 51.0 Å². The zero-order valence-electron chi connectivity index (χ0n) is 28.0. The molecule has 0 amide bonds. The van der Waals surface area contributed by atoms with E-state index in [1.54, 1.807) is 0 Å². The molecule has 2 spiro atoms. The molecule has 3 aromatic heterocycles. The largest absolute Gasteiger partial charge is 0.391 e. The van der Waals surface area contributed by atoms with Crippen molar-refractivity contribution in [2.45, 2.75) is 132 Å². The molecule has 0 unspecified atom stereocenters. The van der Waals surface area contributed by atoms with Crippen LogP contribution in [0, 0.1) is 3.70 Å². The number of fused-ring (bicyclic) bond motifs is 4. The lowest BCUT2D eigenvalue weighted by molar-refractivity contribution is -0.235. The fourth-order valence-electron chi connectivity index (χ4n) is 9.66. The number of anilines is 1. The quantitative estimate of drug-likeness (QED) is 0.350. The molecule has 2 N–H and O–H groups in total. The molecule has 5 aliphatic rings. The summed E-state index contributed by atoms with van der Waals surface area (Å²) in [7, 11) is 2.19. The summed E-state index contributed by atoms with van der Waals surface area (Å²) in [5.41, 5.74) is 1.14. The maximum Gasteiger partial charge on any atom is 0.186 e. The van der Waals surface area contributed by atoms with Crippen molar-refractivity contribution in [1.82, 2.24) is 29.8 Å². The Morgan fingerprint density at radius 1 is 0.979 bits per heavy atom. The van der Waals surface area contributed by atoms with E-state index in [9.17, 15) is 10.2 Å². The Labute approximate surface area is 289 Å². The van der Waals surface area contributed by atoms with Gasteiger partial charge in [0.2, 0.25) is 0 Å². The van der Waals surface area contributed by atoms with Crippen molar-refractivity contribution in [2.24, 2.45) is 0 Å². The van der Waals surface area contributed by atoms with Crippen molar-refractivity contribution >= 4 is 39.4 Å². The first-order valence-electron chi connectivity index (χ1n) is 17.6. The van der Waals surface area contributed by atoms with Gasteiger partial charge in [-0.2, -0.15) is 5.10 Å². The number of likely N-dealkylation sites (tertiary alicyclic amines) is 1. The lowest BCUT2D eigenvalue weighted by Crippen LogP contribution is -2.56. The second-order valence-corrected chi connectivity index (χ2v) is 16.2. The number of ether oxygens (including phenoxy) is 2. The number of likely N-dealkylation sites (N-methyl/N-ethyl adjacent to an activating group) is 1. The van der Waals surface area contributed by atoms with Crippen molar-refractivity contribution in [2.75, 3.05) is 38.3 Å². The molecule has 256 valence electrons. The fourth-order valence-corrected chi connectivity index (χ4v) is 10.4. The second kappa shape index (κ2) is 11.9. The van der Waals surface area contributed by atoms with Crippen LogP contribution in [0.5, 0.6) is 0 Å². The van der Waals surface area contributed by atoms with Crippen LogP contribution in [0.25, 0.3) is 22.6 Å². The third kappa shape index (κ3) is 5.07. The van der Waals surface area contributed by atoms with Crippen LogP contribution in [0.3, 0.4) is 0 Å². The maximum absolute atomic E-state index is 11.3. The molecule has 1 saturated carbocycles. The lowest BCUT2D eigenvalue weighted by atomic mass is 9.61. The molecule has 0 radical (unpaired) electrons. The zero-order valence-corrected chi connectivity index (χ0v) is 30.2. The summed E-state index contributed by atoms with van der Waals surface area (Å²) in [5, 5.41) is 33.0. The molecule has 0 bridgehead atoms. The van der Waals surface area contributed by atoms with Crippen LogP contribution in [0.4, 0.5) is 5.82 Å². The monoisotopic (exact) mass is 761 g/mol. The number of β-amino-alcohol motifs (C(OH)–C–C–N with tert-alkyl or cyclic N) is 1. The van der Waals surface area contributed by atoms with Crippen LogP contribution < -0.4 is 4.90 Å². The molecule has 3 saturated heterocycles. The molecule has 13 heteroatoms. The molecule has 12 nitrogen and oxygen atoms in total. The number of nitrogens with zero attached hydrogens (tertiary/aromatic N) is 7. The highest BCUT2D eigenvalue weighted by atomic mass is 127. The number of halogens is 1. The highest BCUT2D eigenvalue weighted by molar-refractivity contribution is 14.1. The van der Waals surface area contributed by atoms with Gasteiger partial charge in [0.05, 0.1) is 47.8 Å². The second-order valence-electron chi connectivity index (χ2n) is 15.1. The van der Waals surface area contributed by atoms with E-state index < -0.39 is 17.5 Å². The van der Waals surface area contributed by atoms with E-state index in [1.165, 1.54) is 0 Å². The van der Waals surface area contributed by atoms with Crippen LogP contribution in [0.15, 0.2) is 4.52 Å². The molecule has 3 aliphatic heterocycles. The summed E-state index contributed by atoms with van der Waals surface area (Å²) in [6, 6.07) is 0.201. The summed E-state index contributed by atoms with van der Waals surface area (Å²) in [6.45, 7) is 8.52. The number of aromatic nitrogens is 5. The summed E-state index contributed by atoms with van der Waals surface area (Å²) in [4.78, 5) is 15.1. The molecule has 3 aromatic rings. The van der Waals surface area contributed by atoms with E-state index in [0.717, 1.165) is 90.4 Å². The predicted molar refractivity (Wildman–Crippen MR) is 184 cm³/mol. The Kier molecular flexibility index (Phi) is 8.15. The number of aliphatic hydroxyl groups is 2. The molecule has 47 heavy (non-hydrogen) atoms. The first kappa shape index (κ1) is 32.3.